The molecule has 0 unspecified atom stereocenters. The first-order valence-electron chi connectivity index (χ1n) is 7.59. The van der Waals surface area contributed by atoms with Gasteiger partial charge in [-0.3, -0.25) is 19.7 Å². The first-order valence-corrected chi connectivity index (χ1v) is 7.97. The molecule has 0 fully saturated rings. The Bertz CT molecular complexity index is 824. The molecule has 0 heterocycles. The van der Waals surface area contributed by atoms with Gasteiger partial charge in [0, 0.05) is 24.7 Å². The van der Waals surface area contributed by atoms with Crippen LogP contribution in [0.15, 0.2) is 42.5 Å². The number of hydrogen-bond acceptors (Lipinski definition) is 5. The predicted molar refractivity (Wildman–Crippen MR) is 96.7 cm³/mol. The van der Waals surface area contributed by atoms with E-state index >= 15 is 0 Å². The lowest BCUT2D eigenvalue weighted by atomic mass is 10.2. The van der Waals surface area contributed by atoms with Crippen LogP contribution >= 0.6 is 11.6 Å². The van der Waals surface area contributed by atoms with Gasteiger partial charge in [-0.15, -0.1) is 0 Å². The Kier molecular flexibility index (Phi) is 6.51. The maximum Gasteiger partial charge on any atom is 0.270 e. The fourth-order valence-corrected chi connectivity index (χ4v) is 2.27. The quantitative estimate of drug-likeness (QED) is 0.437. The molecule has 2 amide bonds. The average Bonchev–Trinajstić information content (AvgIpc) is 2.59. The second-order valence-corrected chi connectivity index (χ2v) is 5.64. The second kappa shape index (κ2) is 8.82. The van der Waals surface area contributed by atoms with E-state index in [1.54, 1.807) is 24.3 Å². The van der Waals surface area contributed by atoms with Crippen LogP contribution in [-0.4, -0.2) is 29.9 Å². The Hall–Kier alpha value is -3.13. The van der Waals surface area contributed by atoms with Gasteiger partial charge in [-0.2, -0.15) is 0 Å². The standard InChI is InChI=1S/C17H16ClN3O5/c1-11(22)20-12-2-5-14(6-3-12)26-9-8-19-17(23)15-10-13(21(24)25)4-7-16(15)18/h2-7,10H,8-9H2,1H3,(H,19,23)(H,20,22). The number of ether oxygens (including phenoxy) is 1. The van der Waals surface area contributed by atoms with Crippen molar-refractivity contribution in [3.05, 3.63) is 63.2 Å². The van der Waals surface area contributed by atoms with Crippen molar-refractivity contribution in [2.45, 2.75) is 6.92 Å². The minimum atomic E-state index is -0.596. The highest BCUT2D eigenvalue weighted by atomic mass is 35.5. The molecule has 0 aliphatic rings. The van der Waals surface area contributed by atoms with Gasteiger partial charge in [0.05, 0.1) is 22.1 Å². The first kappa shape index (κ1) is 19.2. The average molecular weight is 378 g/mol. The summed E-state index contributed by atoms with van der Waals surface area (Å²) in [6, 6.07) is 10.4. The first-order chi connectivity index (χ1) is 12.4. The number of amides is 2. The molecule has 0 aromatic heterocycles. The van der Waals surface area contributed by atoms with Gasteiger partial charge in [-0.1, -0.05) is 11.6 Å². The van der Waals surface area contributed by atoms with Gasteiger partial charge >= 0.3 is 0 Å². The Labute approximate surface area is 154 Å². The van der Waals surface area contributed by atoms with Crippen molar-refractivity contribution in [3.8, 4) is 5.75 Å². The van der Waals surface area contributed by atoms with Crippen molar-refractivity contribution in [2.75, 3.05) is 18.5 Å². The fourth-order valence-electron chi connectivity index (χ4n) is 2.07. The van der Waals surface area contributed by atoms with Crippen LogP contribution in [0.5, 0.6) is 5.75 Å². The van der Waals surface area contributed by atoms with Gasteiger partial charge in [-0.25, -0.2) is 0 Å². The molecule has 9 heteroatoms. The number of carbonyl (C=O) groups excluding carboxylic acids is 2. The molecule has 0 bridgehead atoms. The summed E-state index contributed by atoms with van der Waals surface area (Å²) >= 11 is 5.91. The van der Waals surface area contributed by atoms with Crippen molar-refractivity contribution < 1.29 is 19.2 Å². The molecule has 2 aromatic rings. The summed E-state index contributed by atoms with van der Waals surface area (Å²) in [7, 11) is 0. The van der Waals surface area contributed by atoms with Crippen LogP contribution in [0.3, 0.4) is 0 Å². The van der Waals surface area contributed by atoms with E-state index in [9.17, 15) is 19.7 Å². The van der Waals surface area contributed by atoms with Gasteiger partial charge in [-0.05, 0) is 30.3 Å². The summed E-state index contributed by atoms with van der Waals surface area (Å²) in [4.78, 5) is 33.2. The topological polar surface area (TPSA) is 111 Å². The summed E-state index contributed by atoms with van der Waals surface area (Å²) in [5.41, 5.74) is 0.467. The van der Waals surface area contributed by atoms with E-state index in [4.69, 9.17) is 16.3 Å². The van der Waals surface area contributed by atoms with Crippen LogP contribution in [0, 0.1) is 10.1 Å². The molecule has 2 N–H and O–H groups in total. The largest absolute Gasteiger partial charge is 0.492 e. The van der Waals surface area contributed by atoms with Gasteiger partial charge in [0.2, 0.25) is 5.91 Å². The number of non-ortho nitro benzene ring substituents is 1. The maximum atomic E-state index is 12.1. The molecule has 8 nitrogen and oxygen atoms in total. The molecule has 0 spiro atoms. The minimum absolute atomic E-state index is 0.0283. The molecular weight excluding hydrogens is 362 g/mol. The zero-order chi connectivity index (χ0) is 19.1. The molecule has 0 atom stereocenters. The summed E-state index contributed by atoms with van der Waals surface area (Å²) < 4.78 is 5.48. The van der Waals surface area contributed by atoms with E-state index in [1.165, 1.54) is 19.1 Å². The van der Waals surface area contributed by atoms with E-state index in [0.717, 1.165) is 6.07 Å². The predicted octanol–water partition coefficient (Wildman–Crippen LogP) is 3.02. The summed E-state index contributed by atoms with van der Waals surface area (Å²) in [5.74, 6) is -0.119. The normalized spacial score (nSPS) is 10.1. The molecule has 0 saturated heterocycles. The zero-order valence-corrected chi connectivity index (χ0v) is 14.6. The van der Waals surface area contributed by atoms with Crippen LogP contribution in [-0.2, 0) is 4.79 Å². The van der Waals surface area contributed by atoms with Crippen LogP contribution in [0.1, 0.15) is 17.3 Å². The van der Waals surface area contributed by atoms with E-state index in [1.807, 2.05) is 0 Å². The number of halogens is 1. The van der Waals surface area contributed by atoms with Gasteiger partial charge in [0.15, 0.2) is 0 Å². The molecule has 136 valence electrons. The van der Waals surface area contributed by atoms with Crippen LogP contribution in [0.4, 0.5) is 11.4 Å². The van der Waals surface area contributed by atoms with Crippen molar-refractivity contribution in [2.24, 2.45) is 0 Å². The minimum Gasteiger partial charge on any atom is -0.492 e. The molecule has 2 aromatic carbocycles. The zero-order valence-electron chi connectivity index (χ0n) is 13.8. The maximum absolute atomic E-state index is 12.1. The lowest BCUT2D eigenvalue weighted by molar-refractivity contribution is -0.384. The van der Waals surface area contributed by atoms with Crippen LogP contribution < -0.4 is 15.4 Å². The van der Waals surface area contributed by atoms with E-state index < -0.39 is 10.8 Å². The Morgan fingerprint density at radius 1 is 1.19 bits per heavy atom. The monoisotopic (exact) mass is 377 g/mol. The number of carbonyl (C=O) groups is 2. The molecule has 0 aliphatic carbocycles. The molecule has 0 aliphatic heterocycles. The number of anilines is 1. The van der Waals surface area contributed by atoms with Gasteiger partial charge in [0.1, 0.15) is 12.4 Å². The number of rotatable bonds is 7. The highest BCUT2D eigenvalue weighted by molar-refractivity contribution is 6.33. The van der Waals surface area contributed by atoms with Crippen molar-refractivity contribution in [1.29, 1.82) is 0 Å². The Morgan fingerprint density at radius 3 is 2.50 bits per heavy atom. The second-order valence-electron chi connectivity index (χ2n) is 5.23. The van der Waals surface area contributed by atoms with Crippen molar-refractivity contribution in [1.82, 2.24) is 5.32 Å². The number of nitrogens with one attached hydrogen (secondary N) is 2. The third kappa shape index (κ3) is 5.45. The summed E-state index contributed by atoms with van der Waals surface area (Å²) in [6.07, 6.45) is 0. The van der Waals surface area contributed by atoms with E-state index in [0.29, 0.717) is 11.4 Å². The van der Waals surface area contributed by atoms with Crippen molar-refractivity contribution in [3.63, 3.8) is 0 Å². The Balaban J connectivity index is 1.84. The smallest absolute Gasteiger partial charge is 0.270 e. The lowest BCUT2D eigenvalue weighted by Crippen LogP contribution is -2.28. The number of nitro groups is 1. The molecule has 26 heavy (non-hydrogen) atoms. The summed E-state index contributed by atoms with van der Waals surface area (Å²) in [5, 5.41) is 16.1. The molecule has 0 radical (unpaired) electrons. The van der Waals surface area contributed by atoms with Gasteiger partial charge < -0.3 is 15.4 Å². The number of benzene rings is 2. The van der Waals surface area contributed by atoms with Crippen molar-refractivity contribution >= 4 is 34.8 Å². The van der Waals surface area contributed by atoms with E-state index in [-0.39, 0.29) is 35.3 Å². The SMILES string of the molecule is CC(=O)Nc1ccc(OCCNC(=O)c2cc([N+](=O)[O-])ccc2Cl)cc1. The van der Waals surface area contributed by atoms with Gasteiger partial charge in [0.25, 0.3) is 11.6 Å². The molecular formula is C17H16ClN3O5. The molecule has 0 saturated carbocycles. The number of nitro benzene ring substituents is 1. The van der Waals surface area contributed by atoms with Crippen LogP contribution in [0.2, 0.25) is 5.02 Å². The van der Waals surface area contributed by atoms with Crippen LogP contribution in [0.25, 0.3) is 0 Å². The number of nitrogens with zero attached hydrogens (tertiary/aromatic N) is 1. The summed E-state index contributed by atoms with van der Waals surface area (Å²) in [6.45, 7) is 1.80. The Morgan fingerprint density at radius 2 is 1.88 bits per heavy atom. The van der Waals surface area contributed by atoms with E-state index in [2.05, 4.69) is 10.6 Å². The third-order valence-corrected chi connectivity index (χ3v) is 3.57. The lowest BCUT2D eigenvalue weighted by Gasteiger charge is -2.09. The third-order valence-electron chi connectivity index (χ3n) is 3.24. The number of hydrogen-bond donors (Lipinski definition) is 2. The fraction of sp³-hybridized carbons (Fsp3) is 0.176. The molecule has 2 rings (SSSR count). The highest BCUT2D eigenvalue weighted by Gasteiger charge is 2.15. The highest BCUT2D eigenvalue weighted by Crippen LogP contribution is 2.22.